The molecule has 1 aromatic heterocycles. The molecule has 0 aliphatic carbocycles. The van der Waals surface area contributed by atoms with Crippen molar-refractivity contribution in [1.82, 2.24) is 4.98 Å². The second-order valence-electron chi connectivity index (χ2n) is 2.60. The van der Waals surface area contributed by atoms with E-state index in [4.69, 9.17) is 22.4 Å². The van der Waals surface area contributed by atoms with Crippen LogP contribution < -0.4 is 5.73 Å². The van der Waals surface area contributed by atoms with Crippen molar-refractivity contribution < 1.29 is 9.90 Å². The Morgan fingerprint density at radius 2 is 2.38 bits per heavy atom. The van der Waals surface area contributed by atoms with Crippen molar-refractivity contribution >= 4 is 17.6 Å². The zero-order chi connectivity index (χ0) is 10.0. The number of nitrogens with two attached hydrogens (primary N) is 1. The lowest BCUT2D eigenvalue weighted by Crippen LogP contribution is -2.10. The van der Waals surface area contributed by atoms with Crippen LogP contribution in [0, 0.1) is 6.92 Å². The van der Waals surface area contributed by atoms with Gasteiger partial charge in [-0.05, 0) is 18.6 Å². The van der Waals surface area contributed by atoms with Crippen LogP contribution in [0.4, 0.5) is 0 Å². The fourth-order valence-corrected chi connectivity index (χ4v) is 1.12. The number of hydrogen-bond acceptors (Lipinski definition) is 3. The predicted molar refractivity (Wildman–Crippen MR) is 48.8 cm³/mol. The fourth-order valence-electron chi connectivity index (χ4n) is 0.967. The molecule has 0 atom stereocenters. The second-order valence-corrected chi connectivity index (χ2v) is 2.96. The molecule has 0 saturated heterocycles. The zero-order valence-corrected chi connectivity index (χ0v) is 7.80. The molecule has 5 heteroatoms. The maximum absolute atomic E-state index is 10.7. The third-order valence-electron chi connectivity index (χ3n) is 1.65. The number of halogens is 1. The van der Waals surface area contributed by atoms with E-state index < -0.39 is 5.97 Å². The van der Waals surface area contributed by atoms with E-state index in [1.807, 2.05) is 0 Å². The molecule has 3 N–H and O–H groups in total. The van der Waals surface area contributed by atoms with Crippen LogP contribution in [-0.4, -0.2) is 16.1 Å². The molecule has 4 nitrogen and oxygen atoms in total. The molecular weight excluding hydrogens is 192 g/mol. The summed E-state index contributed by atoms with van der Waals surface area (Å²) < 4.78 is 0. The molecule has 0 aromatic carbocycles. The molecule has 0 amide bonds. The molecule has 1 rings (SSSR count). The van der Waals surface area contributed by atoms with E-state index in [0.29, 0.717) is 16.4 Å². The van der Waals surface area contributed by atoms with Gasteiger partial charge >= 0.3 is 5.97 Å². The molecule has 0 unspecified atom stereocenters. The summed E-state index contributed by atoms with van der Waals surface area (Å²) in [6, 6.07) is 1.47. The number of rotatable bonds is 2. The van der Waals surface area contributed by atoms with Gasteiger partial charge in [0.2, 0.25) is 0 Å². The average molecular weight is 201 g/mol. The van der Waals surface area contributed by atoms with Gasteiger partial charge in [-0.25, -0.2) is 9.78 Å². The van der Waals surface area contributed by atoms with Crippen LogP contribution in [0.2, 0.25) is 5.15 Å². The van der Waals surface area contributed by atoms with Gasteiger partial charge in [-0.15, -0.1) is 0 Å². The Kier molecular flexibility index (Phi) is 2.85. The van der Waals surface area contributed by atoms with Gasteiger partial charge in [0, 0.05) is 6.54 Å². The monoisotopic (exact) mass is 200 g/mol. The van der Waals surface area contributed by atoms with Crippen LogP contribution in [0.25, 0.3) is 0 Å². The van der Waals surface area contributed by atoms with Gasteiger partial charge in [0.15, 0.2) is 0 Å². The summed E-state index contributed by atoms with van der Waals surface area (Å²) in [4.78, 5) is 14.6. The molecule has 70 valence electrons. The minimum absolute atomic E-state index is 0.0711. The SMILES string of the molecule is Cc1cc(C(=O)O)c(CN)nc1Cl. The first-order chi connectivity index (χ1) is 6.06. The Labute approximate surface area is 80.3 Å². The highest BCUT2D eigenvalue weighted by atomic mass is 35.5. The number of aromatic carboxylic acids is 1. The lowest BCUT2D eigenvalue weighted by Gasteiger charge is -2.04. The summed E-state index contributed by atoms with van der Waals surface area (Å²) in [5.74, 6) is -1.03. The maximum Gasteiger partial charge on any atom is 0.337 e. The smallest absolute Gasteiger partial charge is 0.337 e. The molecule has 0 fully saturated rings. The van der Waals surface area contributed by atoms with Crippen molar-refractivity contribution in [3.8, 4) is 0 Å². The van der Waals surface area contributed by atoms with Crippen LogP contribution >= 0.6 is 11.6 Å². The van der Waals surface area contributed by atoms with Gasteiger partial charge in [-0.2, -0.15) is 0 Å². The van der Waals surface area contributed by atoms with Crippen molar-refractivity contribution in [2.24, 2.45) is 5.73 Å². The number of hydrogen-bond donors (Lipinski definition) is 2. The fraction of sp³-hybridized carbons (Fsp3) is 0.250. The highest BCUT2D eigenvalue weighted by Gasteiger charge is 2.12. The van der Waals surface area contributed by atoms with Crippen LogP contribution in [-0.2, 0) is 6.54 Å². The first-order valence-corrected chi connectivity index (χ1v) is 4.03. The number of carboxylic acid groups (broad SMARTS) is 1. The Hall–Kier alpha value is -1.13. The normalized spacial score (nSPS) is 10.1. The number of nitrogens with zero attached hydrogens (tertiary/aromatic N) is 1. The second kappa shape index (κ2) is 3.72. The molecule has 1 heterocycles. The maximum atomic E-state index is 10.7. The number of pyridine rings is 1. The average Bonchev–Trinajstić information content (AvgIpc) is 2.08. The highest BCUT2D eigenvalue weighted by molar-refractivity contribution is 6.30. The third kappa shape index (κ3) is 1.96. The van der Waals surface area contributed by atoms with Gasteiger partial charge in [-0.3, -0.25) is 0 Å². The van der Waals surface area contributed by atoms with Gasteiger partial charge < -0.3 is 10.8 Å². The number of aryl methyl sites for hydroxylation is 1. The molecule has 0 aliphatic heterocycles. The van der Waals surface area contributed by atoms with Crippen molar-refractivity contribution in [3.05, 3.63) is 28.0 Å². The standard InChI is InChI=1S/C8H9ClN2O2/c1-4-2-5(8(12)13)6(3-10)11-7(4)9/h2H,3,10H2,1H3,(H,12,13). The van der Waals surface area contributed by atoms with E-state index in [1.165, 1.54) is 6.07 Å². The minimum atomic E-state index is -1.03. The minimum Gasteiger partial charge on any atom is -0.478 e. The lowest BCUT2D eigenvalue weighted by atomic mass is 10.1. The molecule has 13 heavy (non-hydrogen) atoms. The van der Waals surface area contributed by atoms with Crippen LogP contribution in [0.1, 0.15) is 21.6 Å². The number of aromatic nitrogens is 1. The van der Waals surface area contributed by atoms with Crippen molar-refractivity contribution in [1.29, 1.82) is 0 Å². The summed E-state index contributed by atoms with van der Waals surface area (Å²) in [6.45, 7) is 1.77. The largest absolute Gasteiger partial charge is 0.478 e. The van der Waals surface area contributed by atoms with E-state index in [2.05, 4.69) is 4.98 Å². The van der Waals surface area contributed by atoms with Gasteiger partial charge in [0.05, 0.1) is 11.3 Å². The van der Waals surface area contributed by atoms with Crippen LogP contribution in [0.15, 0.2) is 6.07 Å². The van der Waals surface area contributed by atoms with Crippen LogP contribution in [0.3, 0.4) is 0 Å². The number of carboxylic acids is 1. The highest BCUT2D eigenvalue weighted by Crippen LogP contribution is 2.16. The molecular formula is C8H9ClN2O2. The van der Waals surface area contributed by atoms with E-state index >= 15 is 0 Å². The van der Waals surface area contributed by atoms with Gasteiger partial charge in [-0.1, -0.05) is 11.6 Å². The van der Waals surface area contributed by atoms with Crippen molar-refractivity contribution in [2.75, 3.05) is 0 Å². The van der Waals surface area contributed by atoms with Gasteiger partial charge in [0.1, 0.15) is 5.15 Å². The summed E-state index contributed by atoms with van der Waals surface area (Å²) in [5, 5.41) is 9.07. The quantitative estimate of drug-likeness (QED) is 0.704. The Morgan fingerprint density at radius 1 is 1.77 bits per heavy atom. The number of carbonyl (C=O) groups is 1. The molecule has 0 radical (unpaired) electrons. The molecule has 0 aliphatic rings. The molecule has 0 saturated carbocycles. The van der Waals surface area contributed by atoms with E-state index in [1.54, 1.807) is 6.92 Å². The topological polar surface area (TPSA) is 76.2 Å². The third-order valence-corrected chi connectivity index (χ3v) is 2.04. The molecule has 0 spiro atoms. The van der Waals surface area contributed by atoms with E-state index in [-0.39, 0.29) is 12.1 Å². The Morgan fingerprint density at radius 3 is 2.85 bits per heavy atom. The van der Waals surface area contributed by atoms with E-state index in [9.17, 15) is 4.79 Å². The van der Waals surface area contributed by atoms with E-state index in [0.717, 1.165) is 0 Å². The zero-order valence-electron chi connectivity index (χ0n) is 7.04. The van der Waals surface area contributed by atoms with Gasteiger partial charge in [0.25, 0.3) is 0 Å². The van der Waals surface area contributed by atoms with Crippen molar-refractivity contribution in [2.45, 2.75) is 13.5 Å². The first-order valence-electron chi connectivity index (χ1n) is 3.65. The summed E-state index contributed by atoms with van der Waals surface area (Å²) in [7, 11) is 0. The Bertz CT molecular complexity index is 352. The summed E-state index contributed by atoms with van der Waals surface area (Å²) in [5.41, 5.74) is 6.38. The summed E-state index contributed by atoms with van der Waals surface area (Å²) >= 11 is 5.71. The molecule has 1 aromatic rings. The summed E-state index contributed by atoms with van der Waals surface area (Å²) in [6.07, 6.45) is 0. The lowest BCUT2D eigenvalue weighted by molar-refractivity contribution is 0.0695. The van der Waals surface area contributed by atoms with Crippen LogP contribution in [0.5, 0.6) is 0 Å². The first kappa shape index (κ1) is 9.95. The molecule has 0 bridgehead atoms. The predicted octanol–water partition coefficient (Wildman–Crippen LogP) is 1.20. The van der Waals surface area contributed by atoms with Crippen molar-refractivity contribution in [3.63, 3.8) is 0 Å². The Balaban J connectivity index is 3.33.